The number of methoxy groups -OCH3 is 4. The quantitative estimate of drug-likeness (QED) is 0.0902. The molecule has 0 aliphatic heterocycles. The van der Waals surface area contributed by atoms with Crippen LogP contribution in [-0.4, -0.2) is 46.0 Å². The Labute approximate surface area is 605 Å². The normalized spacial score (nSPS) is 16.3. The van der Waals surface area contributed by atoms with Crippen LogP contribution in [0.25, 0.3) is 67.4 Å². The Morgan fingerprint density at radius 1 is 0.293 bits per heavy atom. The van der Waals surface area contributed by atoms with Gasteiger partial charge in [-0.3, -0.25) is 0 Å². The van der Waals surface area contributed by atoms with Gasteiger partial charge < -0.3 is 18.9 Å². The van der Waals surface area contributed by atoms with Crippen molar-refractivity contribution < 1.29 is 39.8 Å². The molecule has 0 heterocycles. The third-order valence-corrected chi connectivity index (χ3v) is 26.5. The molecule has 4 atom stereocenters. The van der Waals surface area contributed by atoms with Gasteiger partial charge in [-0.15, -0.1) is 91.6 Å². The summed E-state index contributed by atoms with van der Waals surface area (Å²) in [6.45, 7) is 14.3. The maximum atomic E-state index is 5.75. The van der Waals surface area contributed by atoms with Crippen molar-refractivity contribution in [1.82, 2.24) is 0 Å². The molecule has 0 N–H and O–H groups in total. The first-order valence-electron chi connectivity index (χ1n) is 33.9. The SMILES string of the molecule is COc1cccc2c(C3C=CC=Cc4c3cc(C)[c-]4[Si](C)[c-]3c(C)cc4c3C=CC=CC4c3cccc4c(OC)cccc34)cccc12.COc1cccc2c(C3C=CC=Cc4c3cc(C)[c-]4[Si](C)[c-]3c(C)cc4c3C=CC=CC4c3cccc4c(OC)cccc34)cccc12.[Cl][Zr][Cl]. The van der Waals surface area contributed by atoms with Gasteiger partial charge >= 0.3 is 37.9 Å². The molecule has 12 aromatic carbocycles. The van der Waals surface area contributed by atoms with E-state index in [-0.39, 0.29) is 23.7 Å². The van der Waals surface area contributed by atoms with Gasteiger partial charge in [-0.25, -0.2) is 0 Å². The molecule has 0 saturated carbocycles. The molecule has 2 radical (unpaired) electrons. The van der Waals surface area contributed by atoms with Crippen molar-refractivity contribution in [2.45, 2.75) is 64.5 Å². The molecule has 0 bridgehead atoms. The average Bonchev–Trinajstić information content (AvgIpc) is 1.63. The zero-order valence-electron chi connectivity index (χ0n) is 57.6. The van der Waals surface area contributed by atoms with E-state index in [2.05, 4.69) is 308 Å². The topological polar surface area (TPSA) is 36.9 Å². The van der Waals surface area contributed by atoms with Gasteiger partial charge in [-0.1, -0.05) is 211 Å². The van der Waals surface area contributed by atoms with E-state index in [1.807, 2.05) is 0 Å². The van der Waals surface area contributed by atoms with Crippen molar-refractivity contribution in [1.29, 1.82) is 0 Å². The van der Waals surface area contributed by atoms with Gasteiger partial charge in [0.25, 0.3) is 0 Å². The third-order valence-electron chi connectivity index (χ3n) is 20.8. The Morgan fingerprint density at radius 2 is 0.495 bits per heavy atom. The van der Waals surface area contributed by atoms with Crippen LogP contribution >= 0.6 is 17.0 Å². The van der Waals surface area contributed by atoms with Crippen LogP contribution in [0.2, 0.25) is 13.1 Å². The number of benzene rings is 8. The fourth-order valence-electron chi connectivity index (χ4n) is 16.8. The molecule has 12 aromatic rings. The molecule has 4 aliphatic rings. The number of halogens is 2. The van der Waals surface area contributed by atoms with Gasteiger partial charge in [-0.05, 0) is 91.7 Å². The van der Waals surface area contributed by atoms with E-state index in [0.29, 0.717) is 0 Å². The Kier molecular flexibility index (Phi) is 19.9. The summed E-state index contributed by atoms with van der Waals surface area (Å²) in [6.07, 6.45) is 36.7. The predicted molar refractivity (Wildman–Crippen MR) is 423 cm³/mol. The summed E-state index contributed by atoms with van der Waals surface area (Å²) < 4.78 is 23.0. The second-order valence-corrected chi connectivity index (χ2v) is 34.3. The number of hydrogen-bond donors (Lipinski definition) is 0. The summed E-state index contributed by atoms with van der Waals surface area (Å²) in [5, 5.41) is 15.7. The van der Waals surface area contributed by atoms with E-state index < -0.39 is 38.4 Å². The number of allylic oxidation sites excluding steroid dienone is 12. The first-order valence-corrected chi connectivity index (χ1v) is 44.2. The van der Waals surface area contributed by atoms with E-state index in [1.165, 1.54) is 131 Å². The van der Waals surface area contributed by atoms with E-state index in [1.54, 1.807) is 28.4 Å². The molecule has 4 unspecified atom stereocenters. The zero-order valence-corrected chi connectivity index (χ0v) is 63.6. The van der Waals surface area contributed by atoms with Gasteiger partial charge in [0.2, 0.25) is 0 Å². The second-order valence-electron chi connectivity index (χ2n) is 26.1. The van der Waals surface area contributed by atoms with Gasteiger partial charge in [0.15, 0.2) is 0 Å². The Bertz CT molecular complexity index is 4690. The first kappa shape index (κ1) is 67.4. The standard InChI is InChI=1S/2C45H39O2Si.2ClH.Zr/c2*1-28-26-40-34(30-18-10-22-36-32(30)20-12-24-42(36)46-3)14-6-8-16-38(40)44(28)48(5)45-29(2)27-41-35(15-7-9-17-39(41)45)31-19-11-23-37-33(31)21-13-25-43(37)47-4;;;/h2*6-27,34-35H,1-5H3;2*1H;/q2*-2;;;+2/p-2. The minimum absolute atomic E-state index is 0.155. The number of fused-ring (bicyclic) bond motifs is 8. The van der Waals surface area contributed by atoms with Crippen LogP contribution in [-0.2, 0) is 20.8 Å². The first-order chi connectivity index (χ1) is 48.4. The molecular weight excluding hydrogens is 1360 g/mol. The van der Waals surface area contributed by atoms with E-state index >= 15 is 0 Å². The molecule has 0 amide bonds. The molecule has 9 heteroatoms. The van der Waals surface area contributed by atoms with Crippen molar-refractivity contribution in [3.8, 4) is 23.0 Å². The molecule has 0 spiro atoms. The summed E-state index contributed by atoms with van der Waals surface area (Å²) in [5.41, 5.74) is 22.0. The fraction of sp³-hybridized carbons (Fsp3) is 0.156. The molecule has 0 saturated heterocycles. The Morgan fingerprint density at radius 3 is 0.707 bits per heavy atom. The van der Waals surface area contributed by atoms with E-state index in [4.69, 9.17) is 36.0 Å². The molecule has 4 aliphatic carbocycles. The van der Waals surface area contributed by atoms with Crippen LogP contribution in [0, 0.1) is 27.7 Å². The number of hydrogen-bond acceptors (Lipinski definition) is 4. The molecule has 99 heavy (non-hydrogen) atoms. The predicted octanol–water partition coefficient (Wildman–Crippen LogP) is 20.8. The Hall–Kier alpha value is -8.78. The minimum atomic E-state index is -1.14. The van der Waals surface area contributed by atoms with Crippen LogP contribution in [0.15, 0.2) is 243 Å². The number of rotatable bonds is 12. The number of ether oxygens (including phenoxy) is 4. The van der Waals surface area contributed by atoms with Crippen molar-refractivity contribution in [2.24, 2.45) is 0 Å². The second kappa shape index (κ2) is 29.2. The van der Waals surface area contributed by atoms with Gasteiger partial charge in [0.1, 0.15) is 23.0 Å². The summed E-state index contributed by atoms with van der Waals surface area (Å²) in [4.78, 5) is 0. The van der Waals surface area contributed by atoms with Crippen LogP contribution in [0.5, 0.6) is 23.0 Å². The molecule has 16 rings (SSSR count). The average molecular weight is 1440 g/mol. The van der Waals surface area contributed by atoms with Crippen LogP contribution in [0.4, 0.5) is 0 Å². The Balaban J connectivity index is 0.000000163. The monoisotopic (exact) mass is 1440 g/mol. The van der Waals surface area contributed by atoms with E-state index in [9.17, 15) is 0 Å². The van der Waals surface area contributed by atoms with Crippen LogP contribution in [0.3, 0.4) is 0 Å². The molecular formula is C90H78Cl2O4Si2Zr-4. The summed E-state index contributed by atoms with van der Waals surface area (Å²) >= 11 is -0.826. The number of aryl methyl sites for hydroxylation is 4. The molecule has 4 nitrogen and oxygen atoms in total. The van der Waals surface area contributed by atoms with Crippen molar-refractivity contribution in [3.05, 3.63) is 332 Å². The molecule has 492 valence electrons. The summed E-state index contributed by atoms with van der Waals surface area (Å²) in [5.74, 6) is 4.29. The van der Waals surface area contributed by atoms with Gasteiger partial charge in [0, 0.05) is 39.1 Å². The van der Waals surface area contributed by atoms with Crippen molar-refractivity contribution in [3.63, 3.8) is 0 Å². The van der Waals surface area contributed by atoms with Gasteiger partial charge in [0.05, 0.1) is 28.4 Å². The van der Waals surface area contributed by atoms with Gasteiger partial charge in [-0.2, -0.15) is 68.8 Å². The van der Waals surface area contributed by atoms with E-state index in [0.717, 1.165) is 44.5 Å². The van der Waals surface area contributed by atoms with Crippen LogP contribution < -0.4 is 39.7 Å². The summed E-state index contributed by atoms with van der Waals surface area (Å²) in [6, 6.07) is 61.9. The summed E-state index contributed by atoms with van der Waals surface area (Å²) in [7, 11) is 14.6. The fourth-order valence-corrected chi connectivity index (χ4v) is 22.5. The maximum absolute atomic E-state index is 5.75. The zero-order chi connectivity index (χ0) is 68.6. The van der Waals surface area contributed by atoms with Crippen LogP contribution in [0.1, 0.15) is 113 Å². The molecule has 0 aromatic heterocycles. The third kappa shape index (κ3) is 12.3. The van der Waals surface area contributed by atoms with Crippen molar-refractivity contribution in [2.75, 3.05) is 28.4 Å². The van der Waals surface area contributed by atoms with Crippen molar-refractivity contribution >= 4 is 123 Å². The molecule has 0 fully saturated rings.